The summed E-state index contributed by atoms with van der Waals surface area (Å²) in [5.41, 5.74) is 0.0647. The fourth-order valence-corrected chi connectivity index (χ4v) is 3.92. The Morgan fingerprint density at radius 1 is 0.882 bits per heavy atom. The van der Waals surface area contributed by atoms with Gasteiger partial charge >= 0.3 is 88.7 Å². The molecule has 6 nitrogen and oxygen atoms in total. The van der Waals surface area contributed by atoms with E-state index in [1.807, 2.05) is 0 Å². The summed E-state index contributed by atoms with van der Waals surface area (Å²) in [4.78, 5) is 35.2. The molecule has 0 heterocycles. The summed E-state index contributed by atoms with van der Waals surface area (Å²) < 4.78 is 0. The molecule has 0 aliphatic heterocycles. The summed E-state index contributed by atoms with van der Waals surface area (Å²) in [6.45, 7) is 2.87. The van der Waals surface area contributed by atoms with E-state index in [0.717, 1.165) is 12.1 Å². The van der Waals surface area contributed by atoms with Crippen LogP contribution in [0.5, 0.6) is 5.75 Å². The number of carboxylic acids is 2. The Hall–Kier alpha value is -0.350. The summed E-state index contributed by atoms with van der Waals surface area (Å²) in [5.74, 6) is -4.76. The second-order valence-corrected chi connectivity index (χ2v) is 7.70. The molecule has 0 fully saturated rings. The Morgan fingerprint density at radius 3 is 1.94 bits per heavy atom. The van der Waals surface area contributed by atoms with E-state index in [-0.39, 0.29) is 132 Å². The minimum absolute atomic E-state index is 0. The van der Waals surface area contributed by atoms with Crippen molar-refractivity contribution >= 4 is 46.5 Å². The number of carbonyl (C=O) groups excluding carboxylic acids is 3. The normalized spacial score (nSPS) is 13.9. The molecule has 0 unspecified atom stereocenters. The Balaban J connectivity index is 0.00000363. The van der Waals surface area contributed by atoms with Crippen LogP contribution in [0, 0.1) is 6.92 Å². The molecular weight excluding hydrogens is 512 g/mol. The van der Waals surface area contributed by atoms with Crippen molar-refractivity contribution < 1.29 is 118 Å². The first-order chi connectivity index (χ1) is 14.5. The number of carbonyl (C=O) groups is 3. The van der Waals surface area contributed by atoms with Gasteiger partial charge in [-0.25, -0.2) is 0 Å². The Morgan fingerprint density at radius 2 is 1.44 bits per heavy atom. The van der Waals surface area contributed by atoms with E-state index in [4.69, 9.17) is 23.2 Å². The van der Waals surface area contributed by atoms with E-state index in [1.165, 1.54) is 26.0 Å². The van der Waals surface area contributed by atoms with Crippen molar-refractivity contribution in [1.82, 2.24) is 0 Å². The molecule has 11 heteroatoms. The van der Waals surface area contributed by atoms with E-state index in [2.05, 4.69) is 0 Å². The van der Waals surface area contributed by atoms with Gasteiger partial charge in [0.25, 0.3) is 0 Å². The average molecular weight is 525 g/mol. The van der Waals surface area contributed by atoms with Crippen molar-refractivity contribution in [3.05, 3.63) is 91.5 Å². The smallest absolute Gasteiger partial charge is 0.872 e. The summed E-state index contributed by atoms with van der Waals surface area (Å²) >= 11 is 12.8. The number of allylic oxidation sites excluding steroid dienone is 4. The van der Waals surface area contributed by atoms with E-state index in [1.54, 1.807) is 18.2 Å². The summed E-state index contributed by atoms with van der Waals surface area (Å²) in [7, 11) is 0. The maximum absolute atomic E-state index is 12.2. The molecule has 0 saturated carbocycles. The predicted molar refractivity (Wildman–Crippen MR) is 109 cm³/mol. The van der Waals surface area contributed by atoms with Crippen molar-refractivity contribution in [3.8, 4) is 5.75 Å². The van der Waals surface area contributed by atoms with Crippen LogP contribution in [0.2, 0.25) is 10.0 Å². The van der Waals surface area contributed by atoms with Crippen LogP contribution >= 0.6 is 23.2 Å². The SMILES string of the molecule is CC1=C/C(=C(\c2cc(C)c([O-])c(C(=O)[O-])c2)c2c(Cl)cccc2Cl)C=C(C(=O)[O-])C1=O.[Na+].[Na+].[Na+]. The summed E-state index contributed by atoms with van der Waals surface area (Å²) in [6, 6.07) is 7.24. The van der Waals surface area contributed by atoms with Crippen molar-refractivity contribution in [2.75, 3.05) is 0 Å². The first-order valence-corrected chi connectivity index (χ1v) is 9.66. The molecule has 158 valence electrons. The molecule has 0 aromatic heterocycles. The number of aliphatic carboxylic acids is 1. The maximum Gasteiger partial charge on any atom is 1.00 e. The van der Waals surface area contributed by atoms with Gasteiger partial charge in [-0.2, -0.15) is 0 Å². The number of aryl methyl sites for hydroxylation is 1. The molecular formula is C23H13Cl2Na3O6. The van der Waals surface area contributed by atoms with Gasteiger partial charge in [0.15, 0.2) is 5.78 Å². The molecule has 0 bridgehead atoms. The fourth-order valence-electron chi connectivity index (χ4n) is 3.33. The minimum Gasteiger partial charge on any atom is -0.872 e. The van der Waals surface area contributed by atoms with Crippen LogP contribution in [-0.4, -0.2) is 17.7 Å². The number of benzene rings is 2. The number of carboxylic acid groups (broad SMARTS) is 2. The third-order valence-electron chi connectivity index (χ3n) is 4.78. The van der Waals surface area contributed by atoms with Gasteiger partial charge < -0.3 is 24.9 Å². The van der Waals surface area contributed by atoms with E-state index in [9.17, 15) is 29.7 Å². The van der Waals surface area contributed by atoms with Crippen molar-refractivity contribution in [3.63, 3.8) is 0 Å². The second-order valence-electron chi connectivity index (χ2n) is 6.89. The molecule has 1 aliphatic rings. The molecule has 0 spiro atoms. The largest absolute Gasteiger partial charge is 1.00 e. The van der Waals surface area contributed by atoms with Crippen LogP contribution in [0.3, 0.4) is 0 Å². The quantitative estimate of drug-likeness (QED) is 0.289. The third-order valence-corrected chi connectivity index (χ3v) is 5.41. The Kier molecular flexibility index (Phi) is 13.7. The van der Waals surface area contributed by atoms with Gasteiger partial charge in [0.2, 0.25) is 0 Å². The zero-order valence-corrected chi connectivity index (χ0v) is 26.8. The van der Waals surface area contributed by atoms with E-state index in [0.29, 0.717) is 0 Å². The van der Waals surface area contributed by atoms with Gasteiger partial charge in [0.1, 0.15) is 0 Å². The molecule has 3 rings (SSSR count). The van der Waals surface area contributed by atoms with Gasteiger partial charge in [-0.05, 0) is 72.0 Å². The number of ketones is 1. The standard InChI is InChI=1S/C23H16Cl2O6.3Na/c1-10-6-12(8-14(20(10)26)22(28)29)18(19-16(24)4-3-5-17(19)25)13-7-11(2)21(27)15(9-13)23(30)31;;;/h3-9,26H,1-2H3,(H,28,29)(H,30,31);;;/q;3*+1/p-3/b18-13-;;;. The van der Waals surface area contributed by atoms with Crippen LogP contribution in [0.1, 0.15) is 34.0 Å². The van der Waals surface area contributed by atoms with Crippen LogP contribution in [0.25, 0.3) is 5.57 Å². The molecule has 2 aromatic rings. The maximum atomic E-state index is 12.2. The number of halogens is 2. The Bertz CT molecular complexity index is 1250. The van der Waals surface area contributed by atoms with Gasteiger partial charge in [-0.1, -0.05) is 46.6 Å². The van der Waals surface area contributed by atoms with Crippen LogP contribution in [0.15, 0.2) is 59.2 Å². The zero-order chi connectivity index (χ0) is 23.0. The zero-order valence-electron chi connectivity index (χ0n) is 19.2. The molecule has 0 radical (unpaired) electrons. The number of Topliss-reactive ketones (excluding diaryl/α,β-unsaturated/α-hetero) is 1. The Labute approximate surface area is 272 Å². The molecule has 0 atom stereocenters. The van der Waals surface area contributed by atoms with Gasteiger partial charge in [0.05, 0.1) is 11.9 Å². The summed E-state index contributed by atoms with van der Waals surface area (Å²) in [6.07, 6.45) is 2.54. The first kappa shape index (κ1) is 33.7. The molecule has 0 amide bonds. The molecule has 1 aliphatic carbocycles. The van der Waals surface area contributed by atoms with Crippen molar-refractivity contribution in [2.45, 2.75) is 13.8 Å². The minimum atomic E-state index is -1.67. The van der Waals surface area contributed by atoms with E-state index >= 15 is 0 Å². The van der Waals surface area contributed by atoms with Crippen molar-refractivity contribution in [1.29, 1.82) is 0 Å². The van der Waals surface area contributed by atoms with Gasteiger partial charge in [-0.15, -0.1) is 0 Å². The molecule has 0 N–H and O–H groups in total. The topological polar surface area (TPSA) is 120 Å². The average Bonchev–Trinajstić information content (AvgIpc) is 2.68. The number of hydrogen-bond acceptors (Lipinski definition) is 6. The summed E-state index contributed by atoms with van der Waals surface area (Å²) in [5, 5.41) is 35.6. The van der Waals surface area contributed by atoms with Crippen LogP contribution in [0.4, 0.5) is 0 Å². The van der Waals surface area contributed by atoms with Gasteiger partial charge in [-0.3, -0.25) is 4.79 Å². The fraction of sp³-hybridized carbons (Fsp3) is 0.0870. The monoisotopic (exact) mass is 524 g/mol. The molecule has 2 aromatic carbocycles. The number of aromatic carboxylic acids is 1. The van der Waals surface area contributed by atoms with Crippen LogP contribution in [-0.2, 0) is 9.59 Å². The molecule has 34 heavy (non-hydrogen) atoms. The third kappa shape index (κ3) is 6.90. The van der Waals surface area contributed by atoms with Crippen molar-refractivity contribution in [2.24, 2.45) is 0 Å². The second kappa shape index (κ2) is 13.8. The number of hydrogen-bond donors (Lipinski definition) is 0. The molecule has 0 saturated heterocycles. The number of rotatable bonds is 4. The van der Waals surface area contributed by atoms with Crippen LogP contribution < -0.4 is 104 Å². The first-order valence-electron chi connectivity index (χ1n) is 8.91. The van der Waals surface area contributed by atoms with E-state index < -0.39 is 34.6 Å². The predicted octanol–water partition coefficient (Wildman–Crippen LogP) is -7.24. The van der Waals surface area contributed by atoms with Gasteiger partial charge in [0, 0.05) is 21.2 Å².